The summed E-state index contributed by atoms with van der Waals surface area (Å²) in [5.74, 6) is -0.462. The Balaban J connectivity index is 1.50. The van der Waals surface area contributed by atoms with Crippen molar-refractivity contribution in [1.82, 2.24) is 9.21 Å². The third-order valence-electron chi connectivity index (χ3n) is 6.21. The summed E-state index contributed by atoms with van der Waals surface area (Å²) in [6.45, 7) is 1.79. The van der Waals surface area contributed by atoms with Gasteiger partial charge in [-0.05, 0) is 43.7 Å². The van der Waals surface area contributed by atoms with Crippen LogP contribution in [0.2, 0.25) is 0 Å². The molecular formula is C22H27FN2O4S. The standard InChI is InChI=1S/C22H27FN2O4S/c23-20-7-8-21(19-6-2-1-5-18(19)20)30(28,29)25-11-3-4-16(15-25)14-22(27)24-12-9-17(26)10-13-24/h1-2,5-8,16-17,26H,3-4,9-15H2/t16-/m1/s1. The van der Waals surface area contributed by atoms with Gasteiger partial charge in [0.05, 0.1) is 11.0 Å². The van der Waals surface area contributed by atoms with Gasteiger partial charge in [0, 0.05) is 43.4 Å². The monoisotopic (exact) mass is 434 g/mol. The van der Waals surface area contributed by atoms with Crippen LogP contribution in [0, 0.1) is 11.7 Å². The zero-order valence-electron chi connectivity index (χ0n) is 16.8. The fraction of sp³-hybridized carbons (Fsp3) is 0.500. The molecule has 0 aliphatic carbocycles. The number of sulfonamides is 1. The van der Waals surface area contributed by atoms with Gasteiger partial charge in [-0.2, -0.15) is 4.31 Å². The number of halogens is 1. The molecule has 0 aromatic heterocycles. The van der Waals surface area contributed by atoms with E-state index in [4.69, 9.17) is 0 Å². The van der Waals surface area contributed by atoms with Crippen molar-refractivity contribution >= 4 is 26.7 Å². The number of carbonyl (C=O) groups excluding carboxylic acids is 1. The largest absolute Gasteiger partial charge is 0.393 e. The second-order valence-corrected chi connectivity index (χ2v) is 10.2. The second-order valence-electron chi connectivity index (χ2n) is 8.28. The number of nitrogens with zero attached hydrogens (tertiary/aromatic N) is 2. The van der Waals surface area contributed by atoms with Gasteiger partial charge in [-0.1, -0.05) is 24.3 Å². The molecule has 2 fully saturated rings. The van der Waals surface area contributed by atoms with Crippen LogP contribution in [0.5, 0.6) is 0 Å². The van der Waals surface area contributed by atoms with Crippen LogP contribution in [-0.4, -0.2) is 60.9 Å². The molecule has 0 spiro atoms. The molecule has 4 rings (SSSR count). The van der Waals surface area contributed by atoms with Crippen LogP contribution in [0.15, 0.2) is 41.3 Å². The zero-order valence-corrected chi connectivity index (χ0v) is 17.7. The minimum Gasteiger partial charge on any atom is -0.393 e. The molecule has 2 aromatic carbocycles. The van der Waals surface area contributed by atoms with E-state index in [1.54, 1.807) is 29.2 Å². The molecule has 1 N–H and O–H groups in total. The van der Waals surface area contributed by atoms with Gasteiger partial charge >= 0.3 is 0 Å². The van der Waals surface area contributed by atoms with Gasteiger partial charge in [0.2, 0.25) is 15.9 Å². The first-order valence-corrected chi connectivity index (χ1v) is 11.9. The van der Waals surface area contributed by atoms with Gasteiger partial charge in [-0.15, -0.1) is 0 Å². The third kappa shape index (κ3) is 4.22. The number of benzene rings is 2. The van der Waals surface area contributed by atoms with Gasteiger partial charge in [0.15, 0.2) is 0 Å². The normalized spacial score (nSPS) is 21.8. The van der Waals surface area contributed by atoms with Crippen LogP contribution in [0.3, 0.4) is 0 Å². The molecule has 162 valence electrons. The molecule has 30 heavy (non-hydrogen) atoms. The van der Waals surface area contributed by atoms with E-state index in [9.17, 15) is 22.7 Å². The van der Waals surface area contributed by atoms with Crippen molar-refractivity contribution in [2.24, 2.45) is 5.92 Å². The molecule has 2 aromatic rings. The van der Waals surface area contributed by atoms with Gasteiger partial charge in [-0.3, -0.25) is 4.79 Å². The van der Waals surface area contributed by atoms with E-state index in [-0.39, 0.29) is 34.8 Å². The number of likely N-dealkylation sites (tertiary alicyclic amines) is 1. The minimum atomic E-state index is -3.80. The second kappa shape index (κ2) is 8.61. The summed E-state index contributed by atoms with van der Waals surface area (Å²) in [5, 5.41) is 10.3. The third-order valence-corrected chi connectivity index (χ3v) is 8.13. The molecule has 1 atom stereocenters. The van der Waals surface area contributed by atoms with E-state index in [2.05, 4.69) is 0 Å². The Hall–Kier alpha value is -2.03. The number of fused-ring (bicyclic) bond motifs is 1. The Bertz CT molecular complexity index is 1030. The van der Waals surface area contributed by atoms with Crippen LogP contribution < -0.4 is 0 Å². The molecule has 0 saturated carbocycles. The smallest absolute Gasteiger partial charge is 0.243 e. The van der Waals surface area contributed by atoms with Crippen molar-refractivity contribution in [3.8, 4) is 0 Å². The van der Waals surface area contributed by atoms with E-state index >= 15 is 0 Å². The van der Waals surface area contributed by atoms with Gasteiger partial charge < -0.3 is 10.0 Å². The van der Waals surface area contributed by atoms with Crippen LogP contribution in [0.4, 0.5) is 4.39 Å². The Kier molecular flexibility index (Phi) is 6.09. The lowest BCUT2D eigenvalue weighted by atomic mass is 9.95. The maximum absolute atomic E-state index is 14.1. The minimum absolute atomic E-state index is 0.0263. The summed E-state index contributed by atoms with van der Waals surface area (Å²) >= 11 is 0. The first kappa shape index (κ1) is 21.2. The van der Waals surface area contributed by atoms with E-state index in [0.29, 0.717) is 50.7 Å². The summed E-state index contributed by atoms with van der Waals surface area (Å²) in [5.41, 5.74) is 0. The van der Waals surface area contributed by atoms with E-state index in [1.807, 2.05) is 0 Å². The molecule has 0 radical (unpaired) electrons. The number of hydrogen-bond donors (Lipinski definition) is 1. The molecule has 2 aliphatic heterocycles. The number of amides is 1. The number of rotatable bonds is 4. The maximum Gasteiger partial charge on any atom is 0.243 e. The van der Waals surface area contributed by atoms with Crippen molar-refractivity contribution in [2.45, 2.75) is 43.1 Å². The molecule has 2 heterocycles. The molecule has 2 aliphatic rings. The summed E-state index contributed by atoms with van der Waals surface area (Å²) in [6, 6.07) is 9.13. The van der Waals surface area contributed by atoms with Crippen molar-refractivity contribution in [3.63, 3.8) is 0 Å². The van der Waals surface area contributed by atoms with E-state index in [0.717, 1.165) is 6.42 Å². The SMILES string of the molecule is O=C(C[C@H]1CCCN(S(=O)(=O)c2ccc(F)c3ccccc23)C1)N1CCC(O)CC1. The highest BCUT2D eigenvalue weighted by Gasteiger charge is 2.33. The number of aliphatic hydroxyl groups excluding tert-OH is 1. The van der Waals surface area contributed by atoms with Gasteiger partial charge in [0.25, 0.3) is 0 Å². The van der Waals surface area contributed by atoms with E-state index < -0.39 is 15.8 Å². The maximum atomic E-state index is 14.1. The van der Waals surface area contributed by atoms with Crippen LogP contribution in [0.1, 0.15) is 32.1 Å². The fourth-order valence-electron chi connectivity index (χ4n) is 4.50. The highest BCUT2D eigenvalue weighted by Crippen LogP contribution is 2.31. The topological polar surface area (TPSA) is 77.9 Å². The Morgan fingerprint density at radius 1 is 1.03 bits per heavy atom. The average Bonchev–Trinajstić information content (AvgIpc) is 2.74. The van der Waals surface area contributed by atoms with Crippen molar-refractivity contribution in [3.05, 3.63) is 42.2 Å². The molecule has 2 saturated heterocycles. The van der Waals surface area contributed by atoms with Crippen LogP contribution in [0.25, 0.3) is 10.8 Å². The highest BCUT2D eigenvalue weighted by molar-refractivity contribution is 7.89. The van der Waals surface area contributed by atoms with Crippen LogP contribution in [-0.2, 0) is 14.8 Å². The molecule has 6 nitrogen and oxygen atoms in total. The van der Waals surface area contributed by atoms with Gasteiger partial charge in [0.1, 0.15) is 5.82 Å². The van der Waals surface area contributed by atoms with Crippen molar-refractivity contribution in [1.29, 1.82) is 0 Å². The number of carbonyl (C=O) groups is 1. The quantitative estimate of drug-likeness (QED) is 0.803. The molecule has 0 bridgehead atoms. The number of aliphatic hydroxyl groups is 1. The predicted octanol–water partition coefficient (Wildman–Crippen LogP) is 2.75. The Morgan fingerprint density at radius 2 is 1.73 bits per heavy atom. The highest BCUT2D eigenvalue weighted by atomic mass is 32.2. The lowest BCUT2D eigenvalue weighted by Crippen LogP contribution is -2.44. The molecule has 1 amide bonds. The fourth-order valence-corrected chi connectivity index (χ4v) is 6.25. The van der Waals surface area contributed by atoms with Crippen molar-refractivity contribution < 1.29 is 22.7 Å². The summed E-state index contributed by atoms with van der Waals surface area (Å²) < 4.78 is 42.3. The summed E-state index contributed by atoms with van der Waals surface area (Å²) in [7, 11) is -3.80. The molecule has 0 unspecified atom stereocenters. The molecular weight excluding hydrogens is 407 g/mol. The van der Waals surface area contributed by atoms with E-state index in [1.165, 1.54) is 16.4 Å². The number of hydrogen-bond acceptors (Lipinski definition) is 4. The summed E-state index contributed by atoms with van der Waals surface area (Å²) in [6.07, 6.45) is 2.65. The first-order chi connectivity index (χ1) is 14.4. The number of piperidine rings is 2. The molecule has 8 heteroatoms. The zero-order chi connectivity index (χ0) is 21.3. The lowest BCUT2D eigenvalue weighted by Gasteiger charge is -2.34. The van der Waals surface area contributed by atoms with Crippen LogP contribution >= 0.6 is 0 Å². The Labute approximate surface area is 176 Å². The Morgan fingerprint density at radius 3 is 2.47 bits per heavy atom. The summed E-state index contributed by atoms with van der Waals surface area (Å²) in [4.78, 5) is 14.5. The first-order valence-electron chi connectivity index (χ1n) is 10.5. The predicted molar refractivity (Wildman–Crippen MR) is 112 cm³/mol. The lowest BCUT2D eigenvalue weighted by molar-refractivity contribution is -0.134. The average molecular weight is 435 g/mol. The van der Waals surface area contributed by atoms with Gasteiger partial charge in [-0.25, -0.2) is 12.8 Å². The van der Waals surface area contributed by atoms with Crippen molar-refractivity contribution in [2.75, 3.05) is 26.2 Å².